The minimum absolute atomic E-state index is 0.0278. The molecule has 0 N–H and O–H groups in total. The van der Waals surface area contributed by atoms with Crippen LogP contribution in [0, 0.1) is 0 Å². The lowest BCUT2D eigenvalue weighted by atomic mass is 10.1. The molecule has 0 aliphatic rings. The summed E-state index contributed by atoms with van der Waals surface area (Å²) in [5.74, 6) is 0. The number of benzene rings is 2. The fourth-order valence-electron chi connectivity index (χ4n) is 1.30. The van der Waals surface area contributed by atoms with Crippen molar-refractivity contribution in [3.8, 4) is 11.1 Å². The molecule has 0 aromatic heterocycles. The Morgan fingerprint density at radius 2 is 1.00 bits per heavy atom. The van der Waals surface area contributed by atoms with Crippen LogP contribution in [0.25, 0.3) is 11.1 Å². The zero-order chi connectivity index (χ0) is 12.3. The predicted octanol–water partition coefficient (Wildman–Crippen LogP) is 3.13. The largest absolute Gasteiger partial charge is 0.303 e. The molecule has 0 amide bonds. The second-order valence-electron chi connectivity index (χ2n) is 3.30. The molecule has 86 valence electrons. The highest BCUT2D eigenvalue weighted by Gasteiger charge is 1.91. The van der Waals surface area contributed by atoms with Crippen molar-refractivity contribution < 1.29 is 9.59 Å². The molecular formula is C15H14O2. The Kier molecular flexibility index (Phi) is 6.04. The number of hydrogen-bond acceptors (Lipinski definition) is 2. The number of carbonyl (C=O) groups excluding carboxylic acids is 2. The minimum atomic E-state index is 0.0278. The van der Waals surface area contributed by atoms with E-state index in [0.29, 0.717) is 12.6 Å². The van der Waals surface area contributed by atoms with Gasteiger partial charge in [-0.1, -0.05) is 60.7 Å². The summed E-state index contributed by atoms with van der Waals surface area (Å²) in [6.45, 7) is 0. The van der Waals surface area contributed by atoms with E-state index in [9.17, 15) is 9.59 Å². The van der Waals surface area contributed by atoms with Crippen LogP contribution in [0.5, 0.6) is 0 Å². The summed E-state index contributed by atoms with van der Waals surface area (Å²) < 4.78 is 0. The topological polar surface area (TPSA) is 34.1 Å². The van der Waals surface area contributed by atoms with Crippen molar-refractivity contribution >= 4 is 12.6 Å². The van der Waals surface area contributed by atoms with Gasteiger partial charge in [-0.05, 0) is 11.1 Å². The quantitative estimate of drug-likeness (QED) is 0.595. The second kappa shape index (κ2) is 7.99. The van der Waals surface area contributed by atoms with Crippen LogP contribution in [0.3, 0.4) is 0 Å². The van der Waals surface area contributed by atoms with E-state index in [1.54, 1.807) is 0 Å². The van der Waals surface area contributed by atoms with Gasteiger partial charge in [0.15, 0.2) is 0 Å². The second-order valence-corrected chi connectivity index (χ2v) is 3.30. The van der Waals surface area contributed by atoms with E-state index >= 15 is 0 Å². The summed E-state index contributed by atoms with van der Waals surface area (Å²) in [4.78, 5) is 18.3. The molecule has 0 radical (unpaired) electrons. The Bertz CT molecular complexity index is 391. The first kappa shape index (κ1) is 12.8. The van der Waals surface area contributed by atoms with E-state index in [0.717, 1.165) is 0 Å². The van der Waals surface area contributed by atoms with Gasteiger partial charge >= 0.3 is 0 Å². The Labute approximate surface area is 101 Å². The van der Waals surface area contributed by atoms with Gasteiger partial charge in [-0.25, -0.2) is 0 Å². The van der Waals surface area contributed by atoms with Crippen molar-refractivity contribution in [1.29, 1.82) is 0 Å². The van der Waals surface area contributed by atoms with Gasteiger partial charge in [-0.3, -0.25) is 0 Å². The monoisotopic (exact) mass is 226 g/mol. The highest BCUT2D eigenvalue weighted by Crippen LogP contribution is 2.17. The summed E-state index contributed by atoms with van der Waals surface area (Å²) in [7, 11) is 0. The maximum Gasteiger partial charge on any atom is 0.127 e. The molecule has 0 saturated carbocycles. The number of rotatable bonds is 3. The molecule has 2 rings (SSSR count). The minimum Gasteiger partial charge on any atom is -0.303 e. The van der Waals surface area contributed by atoms with Crippen LogP contribution in [0.15, 0.2) is 60.7 Å². The molecule has 2 aromatic rings. The van der Waals surface area contributed by atoms with Gasteiger partial charge in [0.25, 0.3) is 0 Å². The van der Waals surface area contributed by atoms with Crippen LogP contribution in [-0.2, 0) is 9.59 Å². The molecule has 0 aliphatic heterocycles. The molecule has 2 nitrogen and oxygen atoms in total. The van der Waals surface area contributed by atoms with Crippen molar-refractivity contribution in [2.75, 3.05) is 0 Å². The van der Waals surface area contributed by atoms with Gasteiger partial charge in [0.05, 0.1) is 6.42 Å². The predicted molar refractivity (Wildman–Crippen MR) is 68.6 cm³/mol. The van der Waals surface area contributed by atoms with Crippen LogP contribution in [0.1, 0.15) is 6.42 Å². The first-order valence-electron chi connectivity index (χ1n) is 5.36. The Hall–Kier alpha value is -2.22. The van der Waals surface area contributed by atoms with E-state index in [1.807, 2.05) is 12.1 Å². The fraction of sp³-hybridized carbons (Fsp3) is 0.0667. The van der Waals surface area contributed by atoms with Gasteiger partial charge in [0.1, 0.15) is 12.6 Å². The smallest absolute Gasteiger partial charge is 0.127 e. The zero-order valence-electron chi connectivity index (χ0n) is 9.45. The maximum atomic E-state index is 9.17. The first-order valence-corrected chi connectivity index (χ1v) is 5.36. The van der Waals surface area contributed by atoms with Gasteiger partial charge in [0.2, 0.25) is 0 Å². The standard InChI is InChI=1S/C12H10.C3H4O2/c1-3-7-11(8-4-1)12-9-5-2-6-10-12;4-2-1-3-5/h1-10H;2-3H,1H2. The molecule has 2 aromatic carbocycles. The Morgan fingerprint density at radius 1 is 0.647 bits per heavy atom. The van der Waals surface area contributed by atoms with E-state index in [-0.39, 0.29) is 6.42 Å². The molecule has 2 heteroatoms. The number of aldehydes is 2. The molecule has 0 atom stereocenters. The van der Waals surface area contributed by atoms with Gasteiger partial charge < -0.3 is 9.59 Å². The van der Waals surface area contributed by atoms with E-state index in [1.165, 1.54) is 11.1 Å². The Balaban J connectivity index is 0.000000249. The van der Waals surface area contributed by atoms with Crippen molar-refractivity contribution in [2.24, 2.45) is 0 Å². The summed E-state index contributed by atoms with van der Waals surface area (Å²) >= 11 is 0. The molecule has 0 heterocycles. The van der Waals surface area contributed by atoms with E-state index < -0.39 is 0 Å². The van der Waals surface area contributed by atoms with E-state index in [2.05, 4.69) is 48.5 Å². The van der Waals surface area contributed by atoms with Gasteiger partial charge in [-0.15, -0.1) is 0 Å². The normalized spacial score (nSPS) is 8.71. The molecule has 0 aliphatic carbocycles. The lowest BCUT2D eigenvalue weighted by molar-refractivity contribution is -0.114. The summed E-state index contributed by atoms with van der Waals surface area (Å²) in [5, 5.41) is 0. The highest BCUT2D eigenvalue weighted by atomic mass is 16.1. The third kappa shape index (κ3) is 4.89. The zero-order valence-corrected chi connectivity index (χ0v) is 9.45. The lowest BCUT2D eigenvalue weighted by Gasteiger charge is -1.98. The first-order chi connectivity index (χ1) is 8.38. The SMILES string of the molecule is O=CCC=O.c1ccc(-c2ccccc2)cc1. The van der Waals surface area contributed by atoms with Crippen molar-refractivity contribution in [2.45, 2.75) is 6.42 Å². The maximum absolute atomic E-state index is 9.17. The summed E-state index contributed by atoms with van der Waals surface area (Å²) in [6.07, 6.45) is 1.15. The van der Waals surface area contributed by atoms with Gasteiger partial charge in [0, 0.05) is 0 Å². The lowest BCUT2D eigenvalue weighted by Crippen LogP contribution is -1.73. The molecule has 0 fully saturated rings. The molecule has 0 bridgehead atoms. The molecule has 0 spiro atoms. The number of hydrogen-bond donors (Lipinski definition) is 0. The van der Waals surface area contributed by atoms with Crippen LogP contribution >= 0.6 is 0 Å². The third-order valence-electron chi connectivity index (χ3n) is 2.07. The summed E-state index contributed by atoms with van der Waals surface area (Å²) in [5.41, 5.74) is 2.55. The fourth-order valence-corrected chi connectivity index (χ4v) is 1.30. The molecule has 0 unspecified atom stereocenters. The average molecular weight is 226 g/mol. The third-order valence-corrected chi connectivity index (χ3v) is 2.07. The highest BCUT2D eigenvalue weighted by molar-refractivity contribution is 5.72. The van der Waals surface area contributed by atoms with Crippen molar-refractivity contribution in [3.63, 3.8) is 0 Å². The molecular weight excluding hydrogens is 212 g/mol. The van der Waals surface area contributed by atoms with Crippen LogP contribution in [-0.4, -0.2) is 12.6 Å². The molecule has 0 saturated heterocycles. The Morgan fingerprint density at radius 3 is 1.24 bits per heavy atom. The van der Waals surface area contributed by atoms with Gasteiger partial charge in [-0.2, -0.15) is 0 Å². The van der Waals surface area contributed by atoms with Crippen LogP contribution in [0.4, 0.5) is 0 Å². The average Bonchev–Trinajstić information content (AvgIpc) is 2.42. The summed E-state index contributed by atoms with van der Waals surface area (Å²) in [6, 6.07) is 20.8. The van der Waals surface area contributed by atoms with Crippen molar-refractivity contribution in [1.82, 2.24) is 0 Å². The van der Waals surface area contributed by atoms with Crippen LogP contribution in [0.2, 0.25) is 0 Å². The molecule has 17 heavy (non-hydrogen) atoms. The van der Waals surface area contributed by atoms with Crippen molar-refractivity contribution in [3.05, 3.63) is 60.7 Å². The van der Waals surface area contributed by atoms with Crippen LogP contribution < -0.4 is 0 Å². The number of carbonyl (C=O) groups is 2. The van der Waals surface area contributed by atoms with E-state index in [4.69, 9.17) is 0 Å².